The van der Waals surface area contributed by atoms with Gasteiger partial charge in [0.15, 0.2) is 5.82 Å². The molecule has 2 nitrogen and oxygen atoms in total. The summed E-state index contributed by atoms with van der Waals surface area (Å²) in [5.74, 6) is -1.24. The van der Waals surface area contributed by atoms with Gasteiger partial charge in [-0.05, 0) is 28.9 Å². The highest BCUT2D eigenvalue weighted by Gasteiger charge is 2.11. The van der Waals surface area contributed by atoms with Gasteiger partial charge in [0.25, 0.3) is 0 Å². The summed E-state index contributed by atoms with van der Waals surface area (Å²) in [5, 5.41) is 0. The van der Waals surface area contributed by atoms with Gasteiger partial charge >= 0.3 is 0 Å². The van der Waals surface area contributed by atoms with Crippen molar-refractivity contribution in [1.82, 2.24) is 9.55 Å². The lowest BCUT2D eigenvalue weighted by atomic mass is 10.3. The fraction of sp³-hybridized carbons (Fsp3) is 0.100. The molecule has 0 N–H and O–H groups in total. The van der Waals surface area contributed by atoms with Gasteiger partial charge in [0.1, 0.15) is 5.82 Å². The molecule has 0 atom stereocenters. The summed E-state index contributed by atoms with van der Waals surface area (Å²) in [4.78, 5) is 3.98. The highest BCUT2D eigenvalue weighted by molar-refractivity contribution is 9.10. The van der Waals surface area contributed by atoms with Crippen LogP contribution in [0.4, 0.5) is 8.78 Å². The Labute approximate surface area is 93.7 Å². The number of benzene rings is 1. The molecule has 0 saturated carbocycles. The van der Waals surface area contributed by atoms with Crippen LogP contribution in [0.3, 0.4) is 0 Å². The zero-order valence-corrected chi connectivity index (χ0v) is 9.42. The van der Waals surface area contributed by atoms with Crippen LogP contribution in [0.5, 0.6) is 0 Å². The number of hydrogen-bond acceptors (Lipinski definition) is 1. The zero-order chi connectivity index (χ0) is 11.0. The van der Waals surface area contributed by atoms with Crippen LogP contribution in [-0.2, 0) is 0 Å². The summed E-state index contributed by atoms with van der Waals surface area (Å²) in [6.07, 6.45) is 3.15. The van der Waals surface area contributed by atoms with Gasteiger partial charge in [-0.2, -0.15) is 0 Å². The van der Waals surface area contributed by atoms with Crippen LogP contribution in [0.25, 0.3) is 5.69 Å². The third kappa shape index (κ3) is 1.92. The number of nitrogens with zero attached hydrogens (tertiary/aromatic N) is 2. The Morgan fingerprint density at radius 2 is 2.07 bits per heavy atom. The van der Waals surface area contributed by atoms with E-state index in [2.05, 4.69) is 20.9 Å². The van der Waals surface area contributed by atoms with Crippen LogP contribution < -0.4 is 0 Å². The molecule has 15 heavy (non-hydrogen) atoms. The summed E-state index contributed by atoms with van der Waals surface area (Å²) < 4.78 is 28.2. The quantitative estimate of drug-likeness (QED) is 0.780. The third-order valence-electron chi connectivity index (χ3n) is 1.95. The van der Waals surface area contributed by atoms with Gasteiger partial charge < -0.3 is 4.57 Å². The molecule has 78 valence electrons. The average molecular weight is 273 g/mol. The molecule has 1 heterocycles. The Hall–Kier alpha value is -1.23. The van der Waals surface area contributed by atoms with Crippen molar-refractivity contribution in [2.24, 2.45) is 0 Å². The maximum Gasteiger partial charge on any atom is 0.151 e. The van der Waals surface area contributed by atoms with E-state index in [0.717, 1.165) is 11.8 Å². The SMILES string of the molecule is Cc1cn(-c2c(F)cc(F)cc2Br)cn1. The minimum atomic E-state index is -0.626. The summed E-state index contributed by atoms with van der Waals surface area (Å²) in [7, 11) is 0. The number of rotatable bonds is 1. The molecule has 1 aromatic heterocycles. The Bertz CT molecular complexity index is 485. The van der Waals surface area contributed by atoms with Crippen molar-refractivity contribution in [2.45, 2.75) is 6.92 Å². The summed E-state index contributed by atoms with van der Waals surface area (Å²) in [6, 6.07) is 2.06. The first kappa shape index (κ1) is 10.3. The topological polar surface area (TPSA) is 17.8 Å². The molecule has 1 aromatic carbocycles. The maximum atomic E-state index is 13.5. The van der Waals surface area contributed by atoms with Crippen LogP contribution in [0.15, 0.2) is 29.1 Å². The highest BCUT2D eigenvalue weighted by Crippen LogP contribution is 2.25. The van der Waals surface area contributed by atoms with Crippen molar-refractivity contribution in [3.63, 3.8) is 0 Å². The molecule has 0 bridgehead atoms. The van der Waals surface area contributed by atoms with Crippen molar-refractivity contribution in [2.75, 3.05) is 0 Å². The molecule has 0 unspecified atom stereocenters. The zero-order valence-electron chi connectivity index (χ0n) is 7.84. The Morgan fingerprint density at radius 3 is 2.60 bits per heavy atom. The van der Waals surface area contributed by atoms with Gasteiger partial charge in [-0.1, -0.05) is 0 Å². The molecule has 0 amide bonds. The fourth-order valence-electron chi connectivity index (χ4n) is 1.32. The van der Waals surface area contributed by atoms with E-state index in [4.69, 9.17) is 0 Å². The van der Waals surface area contributed by atoms with Crippen LogP contribution >= 0.6 is 15.9 Å². The fourth-order valence-corrected chi connectivity index (χ4v) is 1.94. The van der Waals surface area contributed by atoms with E-state index in [1.165, 1.54) is 17.0 Å². The Balaban J connectivity index is 2.62. The van der Waals surface area contributed by atoms with Gasteiger partial charge in [-0.15, -0.1) is 0 Å². The number of aromatic nitrogens is 2. The smallest absolute Gasteiger partial charge is 0.151 e. The standard InChI is InChI=1S/C10H7BrF2N2/c1-6-4-15(5-14-6)10-8(11)2-7(12)3-9(10)13/h2-5H,1H3. The molecular formula is C10H7BrF2N2. The van der Waals surface area contributed by atoms with E-state index in [9.17, 15) is 8.78 Å². The molecule has 2 aromatic rings. The molecule has 0 fully saturated rings. The van der Waals surface area contributed by atoms with Crippen LogP contribution in [0, 0.1) is 18.6 Å². The Kier molecular flexibility index (Phi) is 2.56. The molecule has 0 aliphatic carbocycles. The predicted molar refractivity (Wildman–Crippen MR) is 55.9 cm³/mol. The van der Waals surface area contributed by atoms with Crippen molar-refractivity contribution < 1.29 is 8.78 Å². The van der Waals surface area contributed by atoms with Crippen molar-refractivity contribution in [3.8, 4) is 5.69 Å². The number of halogens is 3. The van der Waals surface area contributed by atoms with Crippen molar-refractivity contribution in [1.29, 1.82) is 0 Å². The van der Waals surface area contributed by atoms with E-state index >= 15 is 0 Å². The minimum absolute atomic E-state index is 0.261. The molecule has 0 spiro atoms. The second-order valence-corrected chi connectivity index (χ2v) is 3.99. The van der Waals surface area contributed by atoms with Crippen LogP contribution in [0.2, 0.25) is 0 Å². The second-order valence-electron chi connectivity index (χ2n) is 3.14. The Morgan fingerprint density at radius 1 is 1.33 bits per heavy atom. The molecule has 0 radical (unpaired) electrons. The van der Waals surface area contributed by atoms with Gasteiger partial charge in [0.05, 0.1) is 17.7 Å². The highest BCUT2D eigenvalue weighted by atomic mass is 79.9. The molecule has 0 aliphatic heterocycles. The molecule has 0 aliphatic rings. The maximum absolute atomic E-state index is 13.5. The molecule has 0 saturated heterocycles. The molecule has 5 heteroatoms. The number of hydrogen-bond donors (Lipinski definition) is 0. The second kappa shape index (κ2) is 3.73. The lowest BCUT2D eigenvalue weighted by Gasteiger charge is -2.06. The van der Waals surface area contributed by atoms with Crippen LogP contribution in [-0.4, -0.2) is 9.55 Å². The summed E-state index contributed by atoms with van der Waals surface area (Å²) in [6.45, 7) is 1.80. The summed E-state index contributed by atoms with van der Waals surface area (Å²) >= 11 is 3.12. The number of aryl methyl sites for hydroxylation is 1. The first-order valence-corrected chi connectivity index (χ1v) is 5.03. The van der Waals surface area contributed by atoms with Crippen molar-refractivity contribution in [3.05, 3.63) is 46.5 Å². The largest absolute Gasteiger partial charge is 0.302 e. The van der Waals surface area contributed by atoms with E-state index in [-0.39, 0.29) is 5.69 Å². The average Bonchev–Trinajstić information content (AvgIpc) is 2.49. The first-order valence-electron chi connectivity index (χ1n) is 4.23. The van der Waals surface area contributed by atoms with Gasteiger partial charge in [-0.25, -0.2) is 13.8 Å². The van der Waals surface area contributed by atoms with Gasteiger partial charge in [0.2, 0.25) is 0 Å². The molecule has 2 rings (SSSR count). The van der Waals surface area contributed by atoms with E-state index in [1.54, 1.807) is 13.1 Å². The van der Waals surface area contributed by atoms with Gasteiger partial charge in [-0.3, -0.25) is 0 Å². The minimum Gasteiger partial charge on any atom is -0.302 e. The molecular weight excluding hydrogens is 266 g/mol. The third-order valence-corrected chi connectivity index (χ3v) is 2.56. The van der Waals surface area contributed by atoms with Gasteiger partial charge in [0, 0.05) is 16.7 Å². The van der Waals surface area contributed by atoms with Crippen molar-refractivity contribution >= 4 is 15.9 Å². The lowest BCUT2D eigenvalue weighted by molar-refractivity contribution is 0.576. The number of imidazole rings is 1. The van der Waals surface area contributed by atoms with E-state index < -0.39 is 11.6 Å². The summed E-state index contributed by atoms with van der Waals surface area (Å²) in [5.41, 5.74) is 1.03. The van der Waals surface area contributed by atoms with Crippen LogP contribution in [0.1, 0.15) is 5.69 Å². The van der Waals surface area contributed by atoms with E-state index in [0.29, 0.717) is 4.47 Å². The first-order chi connectivity index (χ1) is 7.08. The lowest BCUT2D eigenvalue weighted by Crippen LogP contribution is -1.97. The van der Waals surface area contributed by atoms with E-state index in [1.807, 2.05) is 0 Å². The predicted octanol–water partition coefficient (Wildman–Crippen LogP) is 3.22. The monoisotopic (exact) mass is 272 g/mol. The normalized spacial score (nSPS) is 10.7.